The molecule has 0 atom stereocenters. The second-order valence-corrected chi connectivity index (χ2v) is 12.0. The molecular formula is C27H22F4N2O4S. The third-order valence-corrected chi connectivity index (χ3v) is 8.30. The van der Waals surface area contributed by atoms with E-state index in [4.69, 9.17) is 0 Å². The van der Waals surface area contributed by atoms with Gasteiger partial charge in [-0.3, -0.25) is 4.31 Å². The van der Waals surface area contributed by atoms with Crippen LogP contribution in [0.2, 0.25) is 0 Å². The van der Waals surface area contributed by atoms with Gasteiger partial charge in [-0.25, -0.2) is 17.6 Å². The van der Waals surface area contributed by atoms with E-state index in [1.165, 1.54) is 28.6 Å². The van der Waals surface area contributed by atoms with Crippen LogP contribution >= 0.6 is 0 Å². The fraction of sp³-hybridized carbons (Fsp3) is 0.259. The van der Waals surface area contributed by atoms with E-state index in [0.29, 0.717) is 28.8 Å². The van der Waals surface area contributed by atoms with Crippen molar-refractivity contribution in [1.82, 2.24) is 0 Å². The van der Waals surface area contributed by atoms with Crippen LogP contribution in [0.25, 0.3) is 11.1 Å². The lowest BCUT2D eigenvalue weighted by molar-refractivity contribution is -0.140. The van der Waals surface area contributed by atoms with Gasteiger partial charge >= 0.3 is 12.1 Å². The third kappa shape index (κ3) is 4.78. The predicted molar refractivity (Wildman–Crippen MR) is 133 cm³/mol. The zero-order valence-electron chi connectivity index (χ0n) is 20.3. The summed E-state index contributed by atoms with van der Waals surface area (Å²) >= 11 is 0. The number of halogens is 4. The molecule has 11 heteroatoms. The third-order valence-electron chi connectivity index (χ3n) is 6.54. The minimum atomic E-state index is -4.44. The van der Waals surface area contributed by atoms with Crippen LogP contribution in [0.1, 0.15) is 37.0 Å². The van der Waals surface area contributed by atoms with Crippen LogP contribution in [0.4, 0.5) is 23.2 Å². The lowest BCUT2D eigenvalue weighted by Crippen LogP contribution is -2.44. The predicted octanol–water partition coefficient (Wildman–Crippen LogP) is 5.94. The average Bonchev–Trinajstić information content (AvgIpc) is 3.27. The molecule has 0 unspecified atom stereocenters. The maximum Gasteiger partial charge on any atom is 0.416 e. The largest absolute Gasteiger partial charge is 0.416 e. The molecule has 6 nitrogen and oxygen atoms in total. The maximum absolute atomic E-state index is 14.9. The monoisotopic (exact) mass is 546 g/mol. The van der Waals surface area contributed by atoms with E-state index >= 15 is 0 Å². The zero-order valence-corrected chi connectivity index (χ0v) is 21.2. The van der Waals surface area contributed by atoms with Crippen LogP contribution in [-0.4, -0.2) is 26.6 Å². The molecule has 0 amide bonds. The minimum absolute atomic E-state index is 0.0182. The number of anilines is 1. The molecular weight excluding hydrogens is 524 g/mol. The van der Waals surface area contributed by atoms with E-state index in [0.717, 1.165) is 18.2 Å². The zero-order chi connectivity index (χ0) is 27.5. The van der Waals surface area contributed by atoms with Crippen LogP contribution in [-0.2, 0) is 32.3 Å². The number of carbonyl (C=O) groups excluding carboxylic acids is 1. The highest BCUT2D eigenvalue weighted by molar-refractivity contribution is 7.92. The Labute approximate surface area is 216 Å². The average molecular weight is 547 g/mol. The van der Waals surface area contributed by atoms with Gasteiger partial charge < -0.3 is 4.84 Å². The topological polar surface area (TPSA) is 76.0 Å². The van der Waals surface area contributed by atoms with E-state index in [9.17, 15) is 30.8 Å². The molecule has 5 rings (SSSR count). The van der Waals surface area contributed by atoms with E-state index in [1.807, 2.05) is 13.8 Å². The lowest BCUT2D eigenvalue weighted by atomic mass is 9.81. The summed E-state index contributed by atoms with van der Waals surface area (Å²) in [5.41, 5.74) is 1.17. The number of oxime groups is 1. The SMILES string of the molecule is CC1(C)Cc2cc(-c3ccc(C(F)(F)F)cc3)ccc2N(S(=O)(=O)c2ccc(C3=NOC(=O)C3)c(F)c2)C1. The molecule has 0 saturated carbocycles. The van der Waals surface area contributed by atoms with E-state index in [2.05, 4.69) is 9.99 Å². The number of fused-ring (bicyclic) bond motifs is 1. The molecule has 0 spiro atoms. The molecule has 2 heterocycles. The summed E-state index contributed by atoms with van der Waals surface area (Å²) in [5.74, 6) is -1.48. The Morgan fingerprint density at radius 1 is 0.974 bits per heavy atom. The quantitative estimate of drug-likeness (QED) is 0.300. The Bertz CT molecular complexity index is 1580. The first-order valence-electron chi connectivity index (χ1n) is 11.6. The van der Waals surface area contributed by atoms with Crippen molar-refractivity contribution in [1.29, 1.82) is 0 Å². The molecule has 2 aliphatic rings. The number of carbonyl (C=O) groups is 1. The molecule has 0 aliphatic carbocycles. The van der Waals surface area contributed by atoms with Crippen LogP contribution in [0.3, 0.4) is 0 Å². The number of benzene rings is 3. The summed E-state index contributed by atoms with van der Waals surface area (Å²) < 4.78 is 82.4. The fourth-order valence-corrected chi connectivity index (χ4v) is 6.43. The Kier molecular flexibility index (Phi) is 6.09. The first kappa shape index (κ1) is 25.9. The Hall–Kier alpha value is -3.73. The summed E-state index contributed by atoms with van der Waals surface area (Å²) in [6, 6.07) is 13.2. The van der Waals surface area contributed by atoms with Gasteiger partial charge in [0.2, 0.25) is 0 Å². The summed E-state index contributed by atoms with van der Waals surface area (Å²) in [4.78, 5) is 15.5. The summed E-state index contributed by atoms with van der Waals surface area (Å²) in [6.45, 7) is 3.95. The number of alkyl halides is 3. The van der Waals surface area contributed by atoms with E-state index < -0.39 is 39.0 Å². The van der Waals surface area contributed by atoms with Crippen molar-refractivity contribution in [3.05, 3.63) is 83.2 Å². The van der Waals surface area contributed by atoms with Crippen LogP contribution < -0.4 is 4.31 Å². The van der Waals surface area contributed by atoms with Gasteiger partial charge in [0, 0.05) is 12.1 Å². The normalized spacial score (nSPS) is 17.2. The molecule has 0 saturated heterocycles. The van der Waals surface area contributed by atoms with Crippen molar-refractivity contribution < 1.29 is 35.6 Å². The highest BCUT2D eigenvalue weighted by Gasteiger charge is 2.38. The molecule has 0 fully saturated rings. The second-order valence-electron chi connectivity index (χ2n) is 10.1. The van der Waals surface area contributed by atoms with Gasteiger partial charge in [-0.2, -0.15) is 13.2 Å². The van der Waals surface area contributed by atoms with Gasteiger partial charge in [-0.15, -0.1) is 0 Å². The molecule has 0 bridgehead atoms. The van der Waals surface area contributed by atoms with Gasteiger partial charge in [-0.1, -0.05) is 37.2 Å². The first-order chi connectivity index (χ1) is 17.7. The molecule has 0 radical (unpaired) electrons. The highest BCUT2D eigenvalue weighted by Crippen LogP contribution is 2.41. The molecule has 38 heavy (non-hydrogen) atoms. The maximum atomic E-state index is 14.9. The van der Waals surface area contributed by atoms with Crippen LogP contribution in [0.15, 0.2) is 70.7 Å². The first-order valence-corrected chi connectivity index (χ1v) is 13.1. The van der Waals surface area contributed by atoms with Crippen molar-refractivity contribution >= 4 is 27.4 Å². The molecule has 2 aliphatic heterocycles. The number of hydrogen-bond acceptors (Lipinski definition) is 5. The van der Waals surface area contributed by atoms with Gasteiger partial charge in [0.15, 0.2) is 0 Å². The molecule has 3 aromatic carbocycles. The van der Waals surface area contributed by atoms with Gasteiger partial charge in [0.25, 0.3) is 10.0 Å². The van der Waals surface area contributed by atoms with Crippen LogP contribution in [0.5, 0.6) is 0 Å². The van der Waals surface area contributed by atoms with Crippen LogP contribution in [0, 0.1) is 11.2 Å². The van der Waals surface area contributed by atoms with Crippen molar-refractivity contribution in [3.63, 3.8) is 0 Å². The number of sulfonamides is 1. The summed E-state index contributed by atoms with van der Waals surface area (Å²) in [5, 5.41) is 3.54. The summed E-state index contributed by atoms with van der Waals surface area (Å²) in [7, 11) is -4.19. The molecule has 3 aromatic rings. The van der Waals surface area contributed by atoms with E-state index in [1.54, 1.807) is 18.2 Å². The fourth-order valence-electron chi connectivity index (χ4n) is 4.73. The van der Waals surface area contributed by atoms with Crippen molar-refractivity contribution in [3.8, 4) is 11.1 Å². The minimum Gasteiger partial charge on any atom is -0.318 e. The lowest BCUT2D eigenvalue weighted by Gasteiger charge is -2.40. The number of rotatable bonds is 4. The number of hydrogen-bond donors (Lipinski definition) is 0. The Balaban J connectivity index is 1.51. The van der Waals surface area contributed by atoms with Crippen molar-refractivity contribution in [2.24, 2.45) is 10.6 Å². The standard InChI is InChI=1S/C27H22F4N2O4S/c1-26(2)14-18-11-17(16-3-6-19(7-4-16)27(29,30)31)5-10-24(18)33(15-26)38(35,36)20-8-9-21(22(28)12-20)23-13-25(34)37-32-23/h3-12H,13-15H2,1-2H3. The van der Waals surface area contributed by atoms with Crippen molar-refractivity contribution in [2.45, 2.75) is 37.8 Å². The second kappa shape index (κ2) is 8.93. The highest BCUT2D eigenvalue weighted by atomic mass is 32.2. The van der Waals surface area contributed by atoms with Gasteiger partial charge in [0.1, 0.15) is 11.5 Å². The Morgan fingerprint density at radius 2 is 1.66 bits per heavy atom. The summed E-state index contributed by atoms with van der Waals surface area (Å²) in [6.07, 6.45) is -4.12. The Morgan fingerprint density at radius 3 is 2.26 bits per heavy atom. The van der Waals surface area contributed by atoms with Gasteiger partial charge in [-0.05, 0) is 71.0 Å². The smallest absolute Gasteiger partial charge is 0.318 e. The number of nitrogens with zero attached hydrogens (tertiary/aromatic N) is 2. The molecule has 0 aromatic heterocycles. The van der Waals surface area contributed by atoms with Gasteiger partial charge in [0.05, 0.1) is 22.6 Å². The molecule has 0 N–H and O–H groups in total. The van der Waals surface area contributed by atoms with E-state index in [-0.39, 0.29) is 29.1 Å². The van der Waals surface area contributed by atoms with Crippen molar-refractivity contribution in [2.75, 3.05) is 10.8 Å². The molecule has 198 valence electrons.